The Bertz CT molecular complexity index is 399. The molecule has 0 saturated heterocycles. The molecule has 3 nitrogen and oxygen atoms in total. The molecule has 0 aromatic heterocycles. The molecule has 1 aromatic rings. The average molecular weight is 226 g/mol. The van der Waals surface area contributed by atoms with E-state index in [0.29, 0.717) is 5.75 Å². The number of carbonyl (C=O) groups is 1. The minimum Gasteiger partial charge on any atom is -0.497 e. The molecular weight excluding hydrogens is 211 g/mol. The fourth-order valence-corrected chi connectivity index (χ4v) is 1.22. The number of ketones is 1. The first-order chi connectivity index (χ1) is 7.42. The molecule has 0 atom stereocenters. The van der Waals surface area contributed by atoms with Crippen molar-refractivity contribution in [3.8, 4) is 5.75 Å². The molecule has 0 amide bonds. The van der Waals surface area contributed by atoms with Crippen LogP contribution in [0.3, 0.4) is 0 Å². The standard InChI is InChI=1S/C12H15FO3/c1-12(2,16-4)11(14)9-6-5-8(15-3)7-10(9)13/h5-7H,1-4H3. The van der Waals surface area contributed by atoms with Crippen LogP contribution in [0.5, 0.6) is 5.75 Å². The van der Waals surface area contributed by atoms with Crippen molar-refractivity contribution in [1.82, 2.24) is 0 Å². The summed E-state index contributed by atoms with van der Waals surface area (Å²) in [5, 5.41) is 0. The second-order valence-corrected chi connectivity index (χ2v) is 3.89. The summed E-state index contributed by atoms with van der Waals surface area (Å²) in [6.07, 6.45) is 0. The number of methoxy groups -OCH3 is 2. The first-order valence-corrected chi connectivity index (χ1v) is 4.86. The Kier molecular flexibility index (Phi) is 3.65. The Morgan fingerprint density at radius 3 is 2.38 bits per heavy atom. The Balaban J connectivity index is 3.10. The summed E-state index contributed by atoms with van der Waals surface area (Å²) >= 11 is 0. The summed E-state index contributed by atoms with van der Waals surface area (Å²) in [7, 11) is 2.86. The minimum absolute atomic E-state index is 0.00708. The SMILES string of the molecule is COc1ccc(C(=O)C(C)(C)OC)c(F)c1. The van der Waals surface area contributed by atoms with Gasteiger partial charge in [-0.2, -0.15) is 0 Å². The van der Waals surface area contributed by atoms with Crippen molar-refractivity contribution in [2.45, 2.75) is 19.4 Å². The number of rotatable bonds is 4. The molecule has 0 spiro atoms. The molecule has 0 aliphatic heterocycles. The predicted octanol–water partition coefficient (Wildman–Crippen LogP) is 2.44. The highest BCUT2D eigenvalue weighted by atomic mass is 19.1. The lowest BCUT2D eigenvalue weighted by Crippen LogP contribution is -2.34. The number of halogens is 1. The van der Waals surface area contributed by atoms with Crippen LogP contribution in [-0.4, -0.2) is 25.6 Å². The molecule has 0 unspecified atom stereocenters. The van der Waals surface area contributed by atoms with Crippen LogP contribution >= 0.6 is 0 Å². The van der Waals surface area contributed by atoms with Gasteiger partial charge in [-0.25, -0.2) is 4.39 Å². The Hall–Kier alpha value is -1.42. The van der Waals surface area contributed by atoms with Crippen LogP contribution in [0.1, 0.15) is 24.2 Å². The zero-order valence-electron chi connectivity index (χ0n) is 9.83. The van der Waals surface area contributed by atoms with Crippen molar-refractivity contribution in [2.75, 3.05) is 14.2 Å². The largest absolute Gasteiger partial charge is 0.497 e. The maximum Gasteiger partial charge on any atom is 0.196 e. The van der Waals surface area contributed by atoms with Gasteiger partial charge in [0, 0.05) is 13.2 Å². The third kappa shape index (κ3) is 2.39. The summed E-state index contributed by atoms with van der Waals surface area (Å²) in [5.41, 5.74) is -1.03. The normalized spacial score (nSPS) is 11.3. The molecule has 1 rings (SSSR count). The molecular formula is C12H15FO3. The van der Waals surface area contributed by atoms with Gasteiger partial charge in [-0.15, -0.1) is 0 Å². The lowest BCUT2D eigenvalue weighted by atomic mass is 9.96. The van der Waals surface area contributed by atoms with E-state index >= 15 is 0 Å². The van der Waals surface area contributed by atoms with Crippen molar-refractivity contribution < 1.29 is 18.7 Å². The van der Waals surface area contributed by atoms with Gasteiger partial charge < -0.3 is 9.47 Å². The van der Waals surface area contributed by atoms with E-state index in [0.717, 1.165) is 0 Å². The second-order valence-electron chi connectivity index (χ2n) is 3.89. The van der Waals surface area contributed by atoms with Gasteiger partial charge in [0.15, 0.2) is 5.78 Å². The quantitative estimate of drug-likeness (QED) is 0.740. The van der Waals surface area contributed by atoms with Gasteiger partial charge in [0.1, 0.15) is 17.2 Å². The van der Waals surface area contributed by atoms with Gasteiger partial charge in [0.05, 0.1) is 12.7 Å². The highest BCUT2D eigenvalue weighted by Crippen LogP contribution is 2.22. The molecule has 0 N–H and O–H groups in total. The van der Waals surface area contributed by atoms with Crippen LogP contribution in [0.4, 0.5) is 4.39 Å². The zero-order valence-corrected chi connectivity index (χ0v) is 9.83. The number of ether oxygens (including phenoxy) is 2. The highest BCUT2D eigenvalue weighted by Gasteiger charge is 2.30. The molecule has 0 radical (unpaired) electrons. The average Bonchev–Trinajstić information content (AvgIpc) is 2.28. The van der Waals surface area contributed by atoms with Gasteiger partial charge in [0.25, 0.3) is 0 Å². The molecule has 16 heavy (non-hydrogen) atoms. The van der Waals surface area contributed by atoms with Crippen LogP contribution in [0, 0.1) is 5.82 Å². The minimum atomic E-state index is -1.03. The summed E-state index contributed by atoms with van der Waals surface area (Å²) in [5.74, 6) is -0.617. The topological polar surface area (TPSA) is 35.5 Å². The number of hydrogen-bond donors (Lipinski definition) is 0. The fraction of sp³-hybridized carbons (Fsp3) is 0.417. The van der Waals surface area contributed by atoms with Gasteiger partial charge >= 0.3 is 0 Å². The molecule has 0 heterocycles. The highest BCUT2D eigenvalue weighted by molar-refractivity contribution is 6.02. The summed E-state index contributed by atoms with van der Waals surface area (Å²) in [6, 6.07) is 4.12. The predicted molar refractivity (Wildman–Crippen MR) is 58.4 cm³/mol. The van der Waals surface area contributed by atoms with Crippen molar-refractivity contribution in [2.24, 2.45) is 0 Å². The van der Waals surface area contributed by atoms with Crippen molar-refractivity contribution in [1.29, 1.82) is 0 Å². The first kappa shape index (κ1) is 12.6. The van der Waals surface area contributed by atoms with E-state index in [-0.39, 0.29) is 5.56 Å². The first-order valence-electron chi connectivity index (χ1n) is 4.86. The van der Waals surface area contributed by atoms with Gasteiger partial charge in [0.2, 0.25) is 0 Å². The monoisotopic (exact) mass is 226 g/mol. The Morgan fingerprint density at radius 1 is 1.31 bits per heavy atom. The Labute approximate surface area is 94.2 Å². The maximum atomic E-state index is 13.6. The van der Waals surface area contributed by atoms with Crippen LogP contribution in [-0.2, 0) is 4.74 Å². The molecule has 1 aromatic carbocycles. The van der Waals surface area contributed by atoms with Gasteiger partial charge in [-0.3, -0.25) is 4.79 Å². The van der Waals surface area contributed by atoms with E-state index in [1.165, 1.54) is 26.4 Å². The lowest BCUT2D eigenvalue weighted by molar-refractivity contribution is 0.0224. The molecule has 0 fully saturated rings. The third-order valence-electron chi connectivity index (χ3n) is 2.48. The van der Waals surface area contributed by atoms with Crippen molar-refractivity contribution in [3.63, 3.8) is 0 Å². The van der Waals surface area contributed by atoms with Crippen LogP contribution in [0.2, 0.25) is 0 Å². The molecule has 0 bridgehead atoms. The summed E-state index contributed by atoms with van der Waals surface area (Å²) in [4.78, 5) is 11.9. The van der Waals surface area contributed by atoms with E-state index in [2.05, 4.69) is 0 Å². The van der Waals surface area contributed by atoms with Gasteiger partial charge in [-0.1, -0.05) is 0 Å². The summed E-state index contributed by atoms with van der Waals surface area (Å²) < 4.78 is 23.5. The van der Waals surface area contributed by atoms with Crippen molar-refractivity contribution >= 4 is 5.78 Å². The molecule has 0 saturated carbocycles. The Morgan fingerprint density at radius 2 is 1.94 bits per heavy atom. The smallest absolute Gasteiger partial charge is 0.196 e. The van der Waals surface area contributed by atoms with Crippen LogP contribution in [0.15, 0.2) is 18.2 Å². The fourth-order valence-electron chi connectivity index (χ4n) is 1.22. The second kappa shape index (κ2) is 4.61. The van der Waals surface area contributed by atoms with Crippen LogP contribution in [0.25, 0.3) is 0 Å². The van der Waals surface area contributed by atoms with E-state index in [1.807, 2.05) is 0 Å². The van der Waals surface area contributed by atoms with Crippen LogP contribution < -0.4 is 4.74 Å². The van der Waals surface area contributed by atoms with E-state index in [1.54, 1.807) is 19.9 Å². The molecule has 0 aliphatic carbocycles. The number of carbonyl (C=O) groups excluding carboxylic acids is 1. The van der Waals surface area contributed by atoms with E-state index < -0.39 is 17.2 Å². The van der Waals surface area contributed by atoms with Gasteiger partial charge in [-0.05, 0) is 26.0 Å². The molecule has 88 valence electrons. The number of hydrogen-bond acceptors (Lipinski definition) is 3. The number of Topliss-reactive ketones (excluding diaryl/α,β-unsaturated/α-hetero) is 1. The lowest BCUT2D eigenvalue weighted by Gasteiger charge is -2.21. The molecule has 4 heteroatoms. The van der Waals surface area contributed by atoms with Crippen molar-refractivity contribution in [3.05, 3.63) is 29.6 Å². The maximum absolute atomic E-state index is 13.6. The number of benzene rings is 1. The molecule has 0 aliphatic rings. The van der Waals surface area contributed by atoms with E-state index in [4.69, 9.17) is 9.47 Å². The summed E-state index contributed by atoms with van der Waals surface area (Å²) in [6.45, 7) is 3.19. The zero-order chi connectivity index (χ0) is 12.3. The van der Waals surface area contributed by atoms with E-state index in [9.17, 15) is 9.18 Å². The third-order valence-corrected chi connectivity index (χ3v) is 2.48.